The summed E-state index contributed by atoms with van der Waals surface area (Å²) in [6.07, 6.45) is -2.29. The molecule has 6 N–H and O–H groups in total. The van der Waals surface area contributed by atoms with E-state index in [2.05, 4.69) is 0 Å². The van der Waals surface area contributed by atoms with Crippen LogP contribution in [-0.4, -0.2) is 67.4 Å². The lowest BCUT2D eigenvalue weighted by molar-refractivity contribution is -0.170. The third kappa shape index (κ3) is 9.94. The maximum absolute atomic E-state index is 10.3. The summed E-state index contributed by atoms with van der Waals surface area (Å²) in [5, 5.41) is 50.2. The molecule has 0 aliphatic rings. The molecule has 19 heavy (non-hydrogen) atoms. The first kappa shape index (κ1) is 19.6. The van der Waals surface area contributed by atoms with Crippen LogP contribution in [0.5, 0.6) is 0 Å². The van der Waals surface area contributed by atoms with Gasteiger partial charge in [0.25, 0.3) is 0 Å². The van der Waals surface area contributed by atoms with E-state index in [0.29, 0.717) is 0 Å². The number of hydrogen-bond acceptors (Lipinski definition) is 6. The van der Waals surface area contributed by atoms with Gasteiger partial charge in [-0.3, -0.25) is 9.59 Å². The summed E-state index contributed by atoms with van der Waals surface area (Å²) in [6.45, 7) is 1.94. The molecule has 0 bridgehead atoms. The summed E-state index contributed by atoms with van der Waals surface area (Å²) < 4.78 is 0. The number of rotatable bonds is 7. The van der Waals surface area contributed by atoms with Gasteiger partial charge < -0.3 is 30.6 Å². The zero-order valence-corrected chi connectivity index (χ0v) is 10.3. The fourth-order valence-corrected chi connectivity index (χ4v) is 0.772. The van der Waals surface area contributed by atoms with E-state index in [-0.39, 0.29) is 19.1 Å². The zero-order valence-electron chi connectivity index (χ0n) is 10.3. The van der Waals surface area contributed by atoms with Crippen molar-refractivity contribution in [3.8, 4) is 0 Å². The van der Waals surface area contributed by atoms with Crippen LogP contribution < -0.4 is 0 Å². The Labute approximate surface area is 108 Å². The van der Waals surface area contributed by atoms with Crippen LogP contribution in [0.2, 0.25) is 0 Å². The van der Waals surface area contributed by atoms with Gasteiger partial charge in [0.1, 0.15) is 0 Å². The van der Waals surface area contributed by atoms with Gasteiger partial charge in [-0.05, 0) is 0 Å². The summed E-state index contributed by atoms with van der Waals surface area (Å²) in [6, 6.07) is 0. The number of carbonyl (C=O) groups is 3. The first-order chi connectivity index (χ1) is 8.58. The third-order valence-electron chi connectivity index (χ3n) is 1.91. The molecule has 0 atom stereocenters. The number of hydrogen-bond donors (Lipinski definition) is 6. The van der Waals surface area contributed by atoms with Gasteiger partial charge in [0.15, 0.2) is 5.60 Å². The van der Waals surface area contributed by atoms with Gasteiger partial charge in [0, 0.05) is 19.1 Å². The summed E-state index contributed by atoms with van der Waals surface area (Å²) in [4.78, 5) is 30.5. The van der Waals surface area contributed by atoms with Crippen molar-refractivity contribution in [1.29, 1.82) is 0 Å². The van der Waals surface area contributed by atoms with Crippen molar-refractivity contribution in [3.63, 3.8) is 0 Å². The fourth-order valence-electron chi connectivity index (χ4n) is 0.772. The maximum Gasteiger partial charge on any atom is 0.336 e. The topological polar surface area (TPSA) is 173 Å². The Kier molecular flexibility index (Phi) is 9.56. The zero-order chi connectivity index (χ0) is 15.6. The van der Waals surface area contributed by atoms with Gasteiger partial charge in [0.05, 0.1) is 12.8 Å². The predicted molar refractivity (Wildman–Crippen MR) is 60.4 cm³/mol. The molecule has 0 aromatic carbocycles. The van der Waals surface area contributed by atoms with E-state index in [4.69, 9.17) is 30.6 Å². The summed E-state index contributed by atoms with van der Waals surface area (Å²) in [5.41, 5.74) is -2.74. The van der Waals surface area contributed by atoms with Crippen LogP contribution in [-0.2, 0) is 14.4 Å². The average Bonchev–Trinajstić information content (AvgIpc) is 2.26. The second-order valence-corrected chi connectivity index (χ2v) is 3.95. The molecule has 0 saturated carbocycles. The molecule has 0 unspecified atom stereocenters. The smallest absolute Gasteiger partial charge is 0.336 e. The highest BCUT2D eigenvalue weighted by Crippen LogP contribution is 2.15. The van der Waals surface area contributed by atoms with Crippen molar-refractivity contribution < 1.29 is 45.0 Å². The minimum atomic E-state index is -2.74. The Bertz CT molecular complexity index is 292. The highest BCUT2D eigenvalue weighted by Gasteiger charge is 2.40. The molecule has 0 aromatic heterocycles. The number of aliphatic carboxylic acids is 3. The second-order valence-electron chi connectivity index (χ2n) is 3.95. The van der Waals surface area contributed by atoms with Gasteiger partial charge in [-0.25, -0.2) is 4.79 Å². The van der Waals surface area contributed by atoms with Crippen LogP contribution in [0.4, 0.5) is 0 Å². The number of aliphatic hydroxyl groups excluding tert-OH is 2. The van der Waals surface area contributed by atoms with Crippen LogP contribution in [0.15, 0.2) is 0 Å². The highest BCUT2D eigenvalue weighted by atomic mass is 16.4. The van der Waals surface area contributed by atoms with Gasteiger partial charge in [-0.1, -0.05) is 6.92 Å². The fraction of sp³-hybridized carbons (Fsp3) is 0.700. The van der Waals surface area contributed by atoms with Crippen molar-refractivity contribution >= 4 is 17.9 Å². The molecule has 112 valence electrons. The first-order valence-electron chi connectivity index (χ1n) is 5.20. The maximum atomic E-state index is 10.3. The molecular weight excluding hydrogens is 264 g/mol. The Morgan fingerprint density at radius 1 is 0.947 bits per heavy atom. The molecule has 0 aromatic rings. The Balaban J connectivity index is 0. The highest BCUT2D eigenvalue weighted by molar-refractivity contribution is 5.88. The monoisotopic (exact) mass is 282 g/mol. The molecule has 0 spiro atoms. The van der Waals surface area contributed by atoms with Crippen LogP contribution in [0.25, 0.3) is 0 Å². The molecule has 9 nitrogen and oxygen atoms in total. The molecule has 0 aliphatic heterocycles. The third-order valence-corrected chi connectivity index (χ3v) is 1.91. The van der Waals surface area contributed by atoms with E-state index < -0.39 is 36.4 Å². The van der Waals surface area contributed by atoms with Crippen molar-refractivity contribution in [2.24, 2.45) is 5.92 Å². The van der Waals surface area contributed by atoms with Crippen LogP contribution in [0.3, 0.4) is 0 Å². The van der Waals surface area contributed by atoms with Crippen LogP contribution in [0.1, 0.15) is 19.8 Å². The second kappa shape index (κ2) is 9.25. The predicted octanol–water partition coefficient (Wildman–Crippen LogP) is -1.64. The minimum absolute atomic E-state index is 0.0463. The molecule has 0 radical (unpaired) electrons. The lowest BCUT2D eigenvalue weighted by Gasteiger charge is -2.18. The average molecular weight is 282 g/mol. The summed E-state index contributed by atoms with van der Waals surface area (Å²) >= 11 is 0. The van der Waals surface area contributed by atoms with E-state index in [1.165, 1.54) is 0 Å². The number of aliphatic hydroxyl groups is 3. The van der Waals surface area contributed by atoms with Crippen LogP contribution in [0, 0.1) is 5.92 Å². The molecule has 0 rings (SSSR count). The minimum Gasteiger partial charge on any atom is -0.481 e. The molecule has 0 saturated heterocycles. The van der Waals surface area contributed by atoms with E-state index in [1.807, 2.05) is 0 Å². The molecular formula is C10H18O9. The first-order valence-corrected chi connectivity index (χ1v) is 5.20. The van der Waals surface area contributed by atoms with E-state index >= 15 is 0 Å². The summed E-state index contributed by atoms with van der Waals surface area (Å²) in [7, 11) is 0. The molecule has 0 heterocycles. The summed E-state index contributed by atoms with van der Waals surface area (Å²) in [5.74, 6) is -4.97. The van der Waals surface area contributed by atoms with Crippen molar-refractivity contribution in [2.75, 3.05) is 13.2 Å². The van der Waals surface area contributed by atoms with Crippen LogP contribution >= 0.6 is 0 Å². The SMILES string of the molecule is CC(CO)CO.O=C(O)CC(O)(CC(=O)O)C(=O)O. The van der Waals surface area contributed by atoms with E-state index in [0.717, 1.165) is 0 Å². The largest absolute Gasteiger partial charge is 0.481 e. The van der Waals surface area contributed by atoms with Crippen molar-refractivity contribution in [2.45, 2.75) is 25.4 Å². The Hall–Kier alpha value is -1.71. The van der Waals surface area contributed by atoms with Gasteiger partial charge >= 0.3 is 17.9 Å². The molecule has 0 fully saturated rings. The Morgan fingerprint density at radius 3 is 1.37 bits per heavy atom. The number of carboxylic acid groups (broad SMARTS) is 3. The van der Waals surface area contributed by atoms with Gasteiger partial charge in [-0.15, -0.1) is 0 Å². The molecule has 0 aliphatic carbocycles. The molecule has 0 amide bonds. The van der Waals surface area contributed by atoms with E-state index in [9.17, 15) is 14.4 Å². The van der Waals surface area contributed by atoms with E-state index in [1.54, 1.807) is 6.92 Å². The van der Waals surface area contributed by atoms with Crippen molar-refractivity contribution in [3.05, 3.63) is 0 Å². The normalized spacial score (nSPS) is 10.6. The molecule has 9 heteroatoms. The quantitative estimate of drug-likeness (QED) is 0.320. The standard InChI is InChI=1S/C6H8O7.C4H10O2/c7-3(8)1-6(13,5(11)12)2-4(9)10;1-4(2-5)3-6/h13H,1-2H2,(H,7,8)(H,9,10)(H,11,12);4-6H,2-3H2,1H3. The van der Waals surface area contributed by atoms with Crippen molar-refractivity contribution in [1.82, 2.24) is 0 Å². The lowest BCUT2D eigenvalue weighted by atomic mass is 9.96. The van der Waals surface area contributed by atoms with Gasteiger partial charge in [-0.2, -0.15) is 0 Å². The Morgan fingerprint density at radius 2 is 1.26 bits per heavy atom. The van der Waals surface area contributed by atoms with Gasteiger partial charge in [0.2, 0.25) is 0 Å². The lowest BCUT2D eigenvalue weighted by Crippen LogP contribution is -2.42. The number of carboxylic acids is 3.